The summed E-state index contributed by atoms with van der Waals surface area (Å²) in [5.41, 5.74) is -0.0142. The Morgan fingerprint density at radius 2 is 1.55 bits per heavy atom. The van der Waals surface area contributed by atoms with Crippen molar-refractivity contribution in [1.82, 2.24) is 0 Å². The van der Waals surface area contributed by atoms with Crippen LogP contribution in [-0.2, 0) is 9.53 Å². The summed E-state index contributed by atoms with van der Waals surface area (Å²) in [6.45, 7) is 3.23. The summed E-state index contributed by atoms with van der Waals surface area (Å²) in [5.74, 6) is -0.133. The Bertz CT molecular complexity index is 674. The van der Waals surface area contributed by atoms with Gasteiger partial charge >= 0.3 is 5.97 Å². The molecule has 4 nitrogen and oxygen atoms in total. The van der Waals surface area contributed by atoms with Gasteiger partial charge in [-0.2, -0.15) is 0 Å². The number of methoxy groups -OCH3 is 1. The highest BCUT2D eigenvalue weighted by Gasteiger charge is 2.31. The number of hydrogen-bond donors (Lipinski definition) is 0. The first kappa shape index (κ1) is 15.8. The molecular formula is C18H18O4. The fourth-order valence-electron chi connectivity index (χ4n) is 2.04. The van der Waals surface area contributed by atoms with Gasteiger partial charge < -0.3 is 9.47 Å². The Morgan fingerprint density at radius 1 is 0.909 bits per heavy atom. The lowest BCUT2D eigenvalue weighted by Gasteiger charge is -2.23. The van der Waals surface area contributed by atoms with Gasteiger partial charge in [-0.05, 0) is 26.0 Å². The van der Waals surface area contributed by atoms with Gasteiger partial charge in [0.25, 0.3) is 0 Å². The average molecular weight is 298 g/mol. The second-order valence-electron chi connectivity index (χ2n) is 5.33. The van der Waals surface area contributed by atoms with Crippen molar-refractivity contribution in [3.05, 3.63) is 65.7 Å². The van der Waals surface area contributed by atoms with Gasteiger partial charge in [-0.25, -0.2) is 4.79 Å². The summed E-state index contributed by atoms with van der Waals surface area (Å²) in [5, 5.41) is 0. The Labute approximate surface area is 129 Å². The quantitative estimate of drug-likeness (QED) is 0.628. The molecule has 0 amide bonds. The van der Waals surface area contributed by atoms with E-state index in [4.69, 9.17) is 9.47 Å². The normalized spacial score (nSPS) is 10.9. The molecule has 0 fully saturated rings. The molecular weight excluding hydrogens is 280 g/mol. The van der Waals surface area contributed by atoms with E-state index in [1.54, 1.807) is 50.2 Å². The fraction of sp³-hybridized carbons (Fsp3) is 0.222. The summed E-state index contributed by atoms with van der Waals surface area (Å²) in [6, 6.07) is 15.8. The first-order chi connectivity index (χ1) is 10.4. The summed E-state index contributed by atoms with van der Waals surface area (Å²) in [7, 11) is 1.31. The maximum Gasteiger partial charge on any atom is 0.349 e. The number of ketones is 1. The maximum atomic E-state index is 12.4. The van der Waals surface area contributed by atoms with Crippen molar-refractivity contribution in [2.24, 2.45) is 0 Å². The van der Waals surface area contributed by atoms with Crippen LogP contribution in [0, 0.1) is 0 Å². The zero-order chi connectivity index (χ0) is 16.2. The molecule has 0 heterocycles. The van der Waals surface area contributed by atoms with Crippen LogP contribution in [0.1, 0.15) is 29.8 Å². The van der Waals surface area contributed by atoms with Crippen LogP contribution in [0.4, 0.5) is 0 Å². The number of benzene rings is 2. The summed E-state index contributed by atoms with van der Waals surface area (Å²) in [6.07, 6.45) is 0. The van der Waals surface area contributed by atoms with Crippen molar-refractivity contribution < 1.29 is 19.1 Å². The predicted molar refractivity (Wildman–Crippen MR) is 83.0 cm³/mol. The van der Waals surface area contributed by atoms with E-state index in [1.807, 2.05) is 18.2 Å². The van der Waals surface area contributed by atoms with Gasteiger partial charge in [0, 0.05) is 11.1 Å². The molecule has 22 heavy (non-hydrogen) atoms. The van der Waals surface area contributed by atoms with Gasteiger partial charge in [0.05, 0.1) is 7.11 Å². The van der Waals surface area contributed by atoms with Crippen LogP contribution in [-0.4, -0.2) is 24.5 Å². The second-order valence-corrected chi connectivity index (χ2v) is 5.33. The molecule has 0 aromatic heterocycles. The van der Waals surface area contributed by atoms with Crippen LogP contribution in [0.5, 0.6) is 5.75 Å². The van der Waals surface area contributed by atoms with E-state index in [-0.39, 0.29) is 5.78 Å². The lowest BCUT2D eigenvalue weighted by Crippen LogP contribution is -2.39. The minimum Gasteiger partial charge on any atom is -0.476 e. The highest BCUT2D eigenvalue weighted by atomic mass is 16.6. The predicted octanol–water partition coefficient (Wildman–Crippen LogP) is 3.25. The van der Waals surface area contributed by atoms with Crippen LogP contribution in [0.25, 0.3) is 0 Å². The molecule has 2 aromatic carbocycles. The number of carbonyl (C=O) groups is 2. The number of rotatable bonds is 5. The summed E-state index contributed by atoms with van der Waals surface area (Å²) < 4.78 is 10.4. The molecule has 4 heteroatoms. The van der Waals surface area contributed by atoms with Crippen LogP contribution in [0.3, 0.4) is 0 Å². The molecule has 2 rings (SSSR count). The molecule has 0 spiro atoms. The first-order valence-electron chi connectivity index (χ1n) is 6.91. The van der Waals surface area contributed by atoms with Gasteiger partial charge in [-0.15, -0.1) is 0 Å². The molecule has 2 aromatic rings. The Hall–Kier alpha value is -2.62. The zero-order valence-corrected chi connectivity index (χ0v) is 12.8. The summed E-state index contributed by atoms with van der Waals surface area (Å²) in [4.78, 5) is 24.1. The monoisotopic (exact) mass is 298 g/mol. The molecule has 0 aliphatic rings. The minimum atomic E-state index is -1.12. The third-order valence-corrected chi connectivity index (χ3v) is 3.18. The molecule has 0 N–H and O–H groups in total. The first-order valence-corrected chi connectivity index (χ1v) is 6.91. The Kier molecular flexibility index (Phi) is 4.61. The summed E-state index contributed by atoms with van der Waals surface area (Å²) >= 11 is 0. The zero-order valence-electron chi connectivity index (χ0n) is 12.8. The van der Waals surface area contributed by atoms with E-state index in [2.05, 4.69) is 0 Å². The van der Waals surface area contributed by atoms with Crippen molar-refractivity contribution in [3.63, 3.8) is 0 Å². The smallest absolute Gasteiger partial charge is 0.349 e. The number of carbonyl (C=O) groups excluding carboxylic acids is 2. The van der Waals surface area contributed by atoms with Crippen molar-refractivity contribution in [2.45, 2.75) is 19.4 Å². The lowest BCUT2D eigenvalue weighted by atomic mass is 10.0. The maximum absolute atomic E-state index is 12.4. The Morgan fingerprint density at radius 3 is 2.18 bits per heavy atom. The second kappa shape index (κ2) is 6.43. The van der Waals surface area contributed by atoms with Gasteiger partial charge in [-0.3, -0.25) is 4.79 Å². The van der Waals surface area contributed by atoms with E-state index in [0.29, 0.717) is 16.9 Å². The van der Waals surface area contributed by atoms with E-state index in [9.17, 15) is 9.59 Å². The SMILES string of the molecule is COC(=O)C(C)(C)Oc1cccc(C(=O)c2ccccc2)c1. The molecule has 114 valence electrons. The topological polar surface area (TPSA) is 52.6 Å². The van der Waals surface area contributed by atoms with E-state index in [0.717, 1.165) is 0 Å². The van der Waals surface area contributed by atoms with Crippen molar-refractivity contribution in [3.8, 4) is 5.75 Å². The highest BCUT2D eigenvalue weighted by Crippen LogP contribution is 2.22. The number of hydrogen-bond acceptors (Lipinski definition) is 4. The van der Waals surface area contributed by atoms with Crippen LogP contribution >= 0.6 is 0 Å². The molecule has 0 aliphatic heterocycles. The fourth-order valence-corrected chi connectivity index (χ4v) is 2.04. The molecule has 0 bridgehead atoms. The van der Waals surface area contributed by atoms with Gasteiger partial charge in [0.2, 0.25) is 0 Å². The average Bonchev–Trinajstić information content (AvgIpc) is 2.54. The van der Waals surface area contributed by atoms with Gasteiger partial charge in [0.15, 0.2) is 11.4 Å². The number of ether oxygens (including phenoxy) is 2. The molecule has 0 atom stereocenters. The molecule has 0 radical (unpaired) electrons. The minimum absolute atomic E-state index is 0.0954. The van der Waals surface area contributed by atoms with Crippen LogP contribution < -0.4 is 4.74 Å². The largest absolute Gasteiger partial charge is 0.476 e. The third-order valence-electron chi connectivity index (χ3n) is 3.18. The standard InChI is InChI=1S/C18H18O4/c1-18(2,17(20)21-3)22-15-11-7-10-14(12-15)16(19)13-8-5-4-6-9-13/h4-12H,1-3H3. The Balaban J connectivity index is 2.24. The van der Waals surface area contributed by atoms with Crippen molar-refractivity contribution >= 4 is 11.8 Å². The number of esters is 1. The molecule has 0 saturated heterocycles. The van der Waals surface area contributed by atoms with Crippen LogP contribution in [0.2, 0.25) is 0 Å². The van der Waals surface area contributed by atoms with Gasteiger partial charge in [-0.1, -0.05) is 42.5 Å². The van der Waals surface area contributed by atoms with E-state index >= 15 is 0 Å². The van der Waals surface area contributed by atoms with E-state index in [1.165, 1.54) is 7.11 Å². The van der Waals surface area contributed by atoms with Gasteiger partial charge in [0.1, 0.15) is 5.75 Å². The molecule has 0 aliphatic carbocycles. The van der Waals surface area contributed by atoms with E-state index < -0.39 is 11.6 Å². The molecule has 0 unspecified atom stereocenters. The highest BCUT2D eigenvalue weighted by molar-refractivity contribution is 6.09. The molecule has 0 saturated carbocycles. The van der Waals surface area contributed by atoms with Crippen molar-refractivity contribution in [1.29, 1.82) is 0 Å². The van der Waals surface area contributed by atoms with Crippen molar-refractivity contribution in [2.75, 3.05) is 7.11 Å². The lowest BCUT2D eigenvalue weighted by molar-refractivity contribution is -0.156. The van der Waals surface area contributed by atoms with Crippen LogP contribution in [0.15, 0.2) is 54.6 Å². The third kappa shape index (κ3) is 3.52.